The molecule has 1 aromatic rings. The van der Waals surface area contributed by atoms with Crippen LogP contribution in [0.5, 0.6) is 0 Å². The summed E-state index contributed by atoms with van der Waals surface area (Å²) in [6.07, 6.45) is 0. The summed E-state index contributed by atoms with van der Waals surface area (Å²) >= 11 is 5.65. The minimum absolute atomic E-state index is 0.345. The second-order valence-electron chi connectivity index (χ2n) is 5.47. The van der Waals surface area contributed by atoms with Crippen LogP contribution < -0.4 is 5.73 Å². The zero-order chi connectivity index (χ0) is 14.0. The number of halogens is 1. The van der Waals surface area contributed by atoms with E-state index in [0.29, 0.717) is 23.1 Å². The monoisotopic (exact) mass is 342 g/mol. The molecule has 4 heteroatoms. The molecule has 1 aliphatic rings. The zero-order valence-corrected chi connectivity index (χ0v) is 14.3. The normalized spacial score (nSPS) is 26.4. The van der Waals surface area contributed by atoms with Gasteiger partial charge in [-0.2, -0.15) is 11.8 Å². The lowest BCUT2D eigenvalue weighted by atomic mass is 10.0. The van der Waals surface area contributed by atoms with Crippen LogP contribution in [0.4, 0.5) is 0 Å². The van der Waals surface area contributed by atoms with Gasteiger partial charge in [0.15, 0.2) is 0 Å². The second-order valence-corrected chi connectivity index (χ2v) is 8.21. The minimum Gasteiger partial charge on any atom is -0.329 e. The van der Waals surface area contributed by atoms with E-state index in [9.17, 15) is 0 Å². The van der Waals surface area contributed by atoms with Crippen molar-refractivity contribution in [2.45, 2.75) is 37.3 Å². The SMILES string of the molecule is Cc1cc(C(CN)N2CC(C)SC(C)C2)ccc1Br. The van der Waals surface area contributed by atoms with Crippen LogP contribution in [0.25, 0.3) is 0 Å². The maximum absolute atomic E-state index is 6.05. The Bertz CT molecular complexity index is 428. The third kappa shape index (κ3) is 3.75. The van der Waals surface area contributed by atoms with E-state index in [-0.39, 0.29) is 0 Å². The minimum atomic E-state index is 0.345. The van der Waals surface area contributed by atoms with Gasteiger partial charge in [0, 0.05) is 40.6 Å². The van der Waals surface area contributed by atoms with Crippen molar-refractivity contribution in [1.29, 1.82) is 0 Å². The van der Waals surface area contributed by atoms with Gasteiger partial charge in [0.2, 0.25) is 0 Å². The lowest BCUT2D eigenvalue weighted by molar-refractivity contribution is 0.199. The molecule has 1 aromatic carbocycles. The average Bonchev–Trinajstić information content (AvgIpc) is 2.33. The maximum atomic E-state index is 6.05. The predicted molar refractivity (Wildman–Crippen MR) is 88.8 cm³/mol. The number of nitrogens with two attached hydrogens (primary N) is 1. The molecule has 1 aliphatic heterocycles. The van der Waals surface area contributed by atoms with E-state index in [0.717, 1.165) is 13.1 Å². The first-order valence-corrected chi connectivity index (χ1v) is 8.60. The van der Waals surface area contributed by atoms with Crippen molar-refractivity contribution in [3.63, 3.8) is 0 Å². The predicted octanol–water partition coefficient (Wildman–Crippen LogP) is 3.58. The molecule has 0 aliphatic carbocycles. The summed E-state index contributed by atoms with van der Waals surface area (Å²) in [6, 6.07) is 6.95. The highest BCUT2D eigenvalue weighted by Gasteiger charge is 2.28. The number of hydrogen-bond donors (Lipinski definition) is 1. The van der Waals surface area contributed by atoms with E-state index in [1.807, 2.05) is 0 Å². The molecule has 0 bridgehead atoms. The molecule has 2 nitrogen and oxygen atoms in total. The van der Waals surface area contributed by atoms with E-state index >= 15 is 0 Å². The van der Waals surface area contributed by atoms with Crippen LogP contribution in [0, 0.1) is 6.92 Å². The van der Waals surface area contributed by atoms with Gasteiger partial charge in [-0.15, -0.1) is 0 Å². The van der Waals surface area contributed by atoms with Gasteiger partial charge in [0.25, 0.3) is 0 Å². The Hall–Kier alpha value is -0.0300. The lowest BCUT2D eigenvalue weighted by Crippen LogP contribution is -2.44. The van der Waals surface area contributed by atoms with Crippen LogP contribution in [-0.2, 0) is 0 Å². The summed E-state index contributed by atoms with van der Waals surface area (Å²) in [5.41, 5.74) is 8.68. The quantitative estimate of drug-likeness (QED) is 0.910. The average molecular weight is 343 g/mol. The molecule has 2 N–H and O–H groups in total. The van der Waals surface area contributed by atoms with Gasteiger partial charge in [-0.1, -0.05) is 41.9 Å². The molecule has 0 saturated carbocycles. The topological polar surface area (TPSA) is 29.3 Å². The summed E-state index contributed by atoms with van der Waals surface area (Å²) in [5.74, 6) is 0. The first kappa shape index (κ1) is 15.4. The molecule has 1 fully saturated rings. The molecule has 0 spiro atoms. The molecular weight excluding hydrogens is 320 g/mol. The summed E-state index contributed by atoms with van der Waals surface area (Å²) in [7, 11) is 0. The molecule has 19 heavy (non-hydrogen) atoms. The van der Waals surface area contributed by atoms with Crippen LogP contribution >= 0.6 is 27.7 Å². The van der Waals surface area contributed by atoms with E-state index in [2.05, 4.69) is 71.6 Å². The lowest BCUT2D eigenvalue weighted by Gasteiger charge is -2.39. The van der Waals surface area contributed by atoms with Gasteiger partial charge in [0.1, 0.15) is 0 Å². The summed E-state index contributed by atoms with van der Waals surface area (Å²) in [6.45, 7) is 9.71. The largest absolute Gasteiger partial charge is 0.329 e. The summed E-state index contributed by atoms with van der Waals surface area (Å²) in [5, 5.41) is 1.38. The van der Waals surface area contributed by atoms with Crippen LogP contribution in [0.1, 0.15) is 31.0 Å². The van der Waals surface area contributed by atoms with Crippen LogP contribution in [-0.4, -0.2) is 35.0 Å². The Balaban J connectivity index is 2.21. The van der Waals surface area contributed by atoms with Gasteiger partial charge >= 0.3 is 0 Å². The molecule has 3 unspecified atom stereocenters. The molecular formula is C15H23BrN2S. The summed E-state index contributed by atoms with van der Waals surface area (Å²) < 4.78 is 1.17. The van der Waals surface area contributed by atoms with Gasteiger partial charge in [0.05, 0.1) is 0 Å². The van der Waals surface area contributed by atoms with Crippen LogP contribution in [0.3, 0.4) is 0 Å². The van der Waals surface area contributed by atoms with E-state index < -0.39 is 0 Å². The molecule has 0 radical (unpaired) electrons. The van der Waals surface area contributed by atoms with E-state index in [1.165, 1.54) is 15.6 Å². The first-order valence-electron chi connectivity index (χ1n) is 6.87. The molecule has 106 valence electrons. The molecule has 0 aromatic heterocycles. The van der Waals surface area contributed by atoms with Gasteiger partial charge < -0.3 is 5.73 Å². The first-order chi connectivity index (χ1) is 9.01. The highest BCUT2D eigenvalue weighted by molar-refractivity contribution is 9.10. The highest BCUT2D eigenvalue weighted by Crippen LogP contribution is 2.31. The molecule has 1 saturated heterocycles. The van der Waals surface area contributed by atoms with Gasteiger partial charge in [-0.3, -0.25) is 4.90 Å². The second kappa shape index (κ2) is 6.61. The Kier molecular flexibility index (Phi) is 5.35. The van der Waals surface area contributed by atoms with Crippen molar-refractivity contribution in [1.82, 2.24) is 4.90 Å². The molecule has 1 heterocycles. The van der Waals surface area contributed by atoms with E-state index in [4.69, 9.17) is 5.73 Å². The van der Waals surface area contributed by atoms with Gasteiger partial charge in [-0.25, -0.2) is 0 Å². The Morgan fingerprint density at radius 1 is 1.37 bits per heavy atom. The fraction of sp³-hybridized carbons (Fsp3) is 0.600. The third-order valence-electron chi connectivity index (χ3n) is 3.68. The van der Waals surface area contributed by atoms with Gasteiger partial charge in [-0.05, 0) is 24.1 Å². The molecule has 3 atom stereocenters. The van der Waals surface area contributed by atoms with Crippen LogP contribution in [0.2, 0.25) is 0 Å². The summed E-state index contributed by atoms with van der Waals surface area (Å²) in [4.78, 5) is 2.55. The smallest absolute Gasteiger partial charge is 0.0471 e. The fourth-order valence-corrected chi connectivity index (χ4v) is 4.44. The van der Waals surface area contributed by atoms with Crippen molar-refractivity contribution in [2.75, 3.05) is 19.6 Å². The third-order valence-corrected chi connectivity index (χ3v) is 5.80. The fourth-order valence-electron chi connectivity index (χ4n) is 2.84. The zero-order valence-electron chi connectivity index (χ0n) is 11.9. The highest BCUT2D eigenvalue weighted by atomic mass is 79.9. The standard InChI is InChI=1S/C15H23BrN2S/c1-10-6-13(4-5-14(10)16)15(7-17)18-8-11(2)19-12(3)9-18/h4-6,11-12,15H,7-9,17H2,1-3H3. The number of rotatable bonds is 3. The Labute approximate surface area is 129 Å². The molecule has 0 amide bonds. The number of hydrogen-bond acceptors (Lipinski definition) is 3. The maximum Gasteiger partial charge on any atom is 0.0471 e. The van der Waals surface area contributed by atoms with Crippen molar-refractivity contribution in [3.8, 4) is 0 Å². The van der Waals surface area contributed by atoms with Crippen molar-refractivity contribution >= 4 is 27.7 Å². The van der Waals surface area contributed by atoms with Crippen molar-refractivity contribution in [2.24, 2.45) is 5.73 Å². The van der Waals surface area contributed by atoms with Crippen molar-refractivity contribution < 1.29 is 0 Å². The Morgan fingerprint density at radius 3 is 2.53 bits per heavy atom. The van der Waals surface area contributed by atoms with E-state index in [1.54, 1.807) is 0 Å². The number of nitrogens with zero attached hydrogens (tertiary/aromatic N) is 1. The van der Waals surface area contributed by atoms with Crippen LogP contribution in [0.15, 0.2) is 22.7 Å². The number of aryl methyl sites for hydroxylation is 1. The molecule has 2 rings (SSSR count). The number of thioether (sulfide) groups is 1. The van der Waals surface area contributed by atoms with Crippen molar-refractivity contribution in [3.05, 3.63) is 33.8 Å². The number of benzene rings is 1. The Morgan fingerprint density at radius 2 is 2.00 bits per heavy atom.